The van der Waals surface area contributed by atoms with Crippen LogP contribution in [0.25, 0.3) is 48.0 Å². The summed E-state index contributed by atoms with van der Waals surface area (Å²) in [5.41, 5.74) is 20.9. The lowest BCUT2D eigenvalue weighted by Gasteiger charge is -2.34. The first-order chi connectivity index (χ1) is 29.5. The summed E-state index contributed by atoms with van der Waals surface area (Å²) in [7, 11) is 0. The zero-order valence-electron chi connectivity index (χ0n) is 33.6. The average Bonchev–Trinajstić information content (AvgIpc) is 3.99. The van der Waals surface area contributed by atoms with Crippen molar-refractivity contribution < 1.29 is 0 Å². The van der Waals surface area contributed by atoms with Crippen LogP contribution in [0.5, 0.6) is 0 Å². The van der Waals surface area contributed by atoms with Crippen LogP contribution in [0.4, 0.5) is 17.1 Å². The van der Waals surface area contributed by atoms with Gasteiger partial charge in [0.1, 0.15) is 0 Å². The second kappa shape index (κ2) is 12.4. The number of nitrogens with zero attached hydrogens (tertiary/aromatic N) is 1. The van der Waals surface area contributed by atoms with E-state index in [0.29, 0.717) is 0 Å². The Kier molecular flexibility index (Phi) is 7.05. The van der Waals surface area contributed by atoms with Gasteiger partial charge in [0.2, 0.25) is 0 Å². The SMILES string of the molecule is CC1(C)C2=C(C=CCC2c2cccc(N(c3ccc4c(c3)C3(c5ccccc5-c5ccccc53)c3ccccc3-4)c3ccc4sc5ccccc5c4c3)c2)c2ccccc21. The highest BCUT2D eigenvalue weighted by molar-refractivity contribution is 7.25. The fourth-order valence-corrected chi connectivity index (χ4v) is 12.9. The van der Waals surface area contributed by atoms with Gasteiger partial charge in [-0.15, -0.1) is 11.3 Å². The molecule has 0 radical (unpaired) electrons. The van der Waals surface area contributed by atoms with Crippen molar-refractivity contribution in [2.45, 2.75) is 37.0 Å². The van der Waals surface area contributed by atoms with Gasteiger partial charge in [0, 0.05) is 48.6 Å². The average molecular weight is 784 g/mol. The van der Waals surface area contributed by atoms with Crippen LogP contribution in [0.3, 0.4) is 0 Å². The second-order valence-corrected chi connectivity index (χ2v) is 18.6. The molecule has 4 aliphatic rings. The summed E-state index contributed by atoms with van der Waals surface area (Å²) < 4.78 is 2.64. The van der Waals surface area contributed by atoms with Crippen molar-refractivity contribution >= 4 is 54.1 Å². The lowest BCUT2D eigenvalue weighted by atomic mass is 9.70. The maximum absolute atomic E-state index is 2.53. The predicted octanol–water partition coefficient (Wildman–Crippen LogP) is 15.7. The zero-order valence-corrected chi connectivity index (χ0v) is 34.4. The summed E-state index contributed by atoms with van der Waals surface area (Å²) in [4.78, 5) is 2.53. The molecule has 0 fully saturated rings. The van der Waals surface area contributed by atoms with Gasteiger partial charge < -0.3 is 4.90 Å². The predicted molar refractivity (Wildman–Crippen MR) is 253 cm³/mol. The highest BCUT2D eigenvalue weighted by Gasteiger charge is 2.51. The van der Waals surface area contributed by atoms with Crippen molar-refractivity contribution in [2.75, 3.05) is 4.90 Å². The topological polar surface area (TPSA) is 3.24 Å². The van der Waals surface area contributed by atoms with Crippen LogP contribution in [-0.4, -0.2) is 0 Å². The van der Waals surface area contributed by atoms with E-state index in [0.717, 1.165) is 17.8 Å². The molecule has 1 spiro atoms. The normalized spacial score (nSPS) is 17.1. The molecule has 0 amide bonds. The molecule has 9 aromatic rings. The van der Waals surface area contributed by atoms with E-state index in [1.54, 1.807) is 0 Å². The molecule has 284 valence electrons. The van der Waals surface area contributed by atoms with E-state index in [9.17, 15) is 0 Å². The van der Waals surface area contributed by atoms with E-state index >= 15 is 0 Å². The monoisotopic (exact) mass is 783 g/mol. The van der Waals surface area contributed by atoms with E-state index in [2.05, 4.69) is 213 Å². The van der Waals surface area contributed by atoms with Crippen molar-refractivity contribution in [2.24, 2.45) is 0 Å². The van der Waals surface area contributed by atoms with Crippen molar-refractivity contribution in [3.8, 4) is 22.3 Å². The Balaban J connectivity index is 1.04. The second-order valence-electron chi connectivity index (χ2n) is 17.5. The summed E-state index contributed by atoms with van der Waals surface area (Å²) >= 11 is 1.88. The summed E-state index contributed by atoms with van der Waals surface area (Å²) in [6.07, 6.45) is 5.77. The third-order valence-electron chi connectivity index (χ3n) is 14.2. The Morgan fingerprint density at radius 1 is 0.467 bits per heavy atom. The van der Waals surface area contributed by atoms with Gasteiger partial charge in [0.25, 0.3) is 0 Å². The maximum Gasteiger partial charge on any atom is 0.0726 e. The lowest BCUT2D eigenvalue weighted by molar-refractivity contribution is 0.573. The lowest BCUT2D eigenvalue weighted by Crippen LogP contribution is -2.26. The van der Waals surface area contributed by atoms with E-state index in [-0.39, 0.29) is 11.3 Å². The zero-order chi connectivity index (χ0) is 39.7. The summed E-state index contributed by atoms with van der Waals surface area (Å²) in [6.45, 7) is 4.85. The molecule has 0 aliphatic heterocycles. The van der Waals surface area contributed by atoms with Gasteiger partial charge in [-0.3, -0.25) is 0 Å². The van der Waals surface area contributed by atoms with E-state index in [1.807, 2.05) is 11.3 Å². The van der Waals surface area contributed by atoms with Gasteiger partial charge in [0.05, 0.1) is 5.41 Å². The molecule has 0 saturated heterocycles. The fourth-order valence-electron chi connectivity index (χ4n) is 11.8. The number of hydrogen-bond acceptors (Lipinski definition) is 2. The molecule has 1 aromatic heterocycles. The number of anilines is 3. The molecule has 2 heteroatoms. The number of rotatable bonds is 4. The Bertz CT molecular complexity index is 3290. The molecule has 0 bridgehead atoms. The van der Waals surface area contributed by atoms with Crippen LogP contribution < -0.4 is 4.90 Å². The first-order valence-electron chi connectivity index (χ1n) is 21.3. The number of hydrogen-bond donors (Lipinski definition) is 0. The molecule has 13 rings (SSSR count). The van der Waals surface area contributed by atoms with Gasteiger partial charge in [0.15, 0.2) is 0 Å². The van der Waals surface area contributed by atoms with Gasteiger partial charge in [-0.05, 0) is 127 Å². The molecule has 8 aromatic carbocycles. The molecule has 1 unspecified atom stereocenters. The number of allylic oxidation sites excluding steroid dienone is 4. The summed E-state index contributed by atoms with van der Waals surface area (Å²) in [5.74, 6) is 0.279. The van der Waals surface area contributed by atoms with Crippen LogP contribution in [0.1, 0.15) is 65.1 Å². The molecule has 0 N–H and O–H groups in total. The van der Waals surface area contributed by atoms with Crippen LogP contribution in [-0.2, 0) is 10.8 Å². The first-order valence-corrected chi connectivity index (χ1v) is 22.1. The molecular formula is C58H41NS. The van der Waals surface area contributed by atoms with Crippen molar-refractivity contribution in [1.29, 1.82) is 0 Å². The fraction of sp³-hybridized carbons (Fsp3) is 0.103. The van der Waals surface area contributed by atoms with Crippen molar-refractivity contribution in [1.82, 2.24) is 0 Å². The minimum atomic E-state index is -0.420. The van der Waals surface area contributed by atoms with E-state index < -0.39 is 5.41 Å². The van der Waals surface area contributed by atoms with Gasteiger partial charge >= 0.3 is 0 Å². The third-order valence-corrected chi connectivity index (χ3v) is 15.4. The van der Waals surface area contributed by atoms with Gasteiger partial charge in [-0.1, -0.05) is 159 Å². The standard InChI is InChI=1S/C58H41NS/c1-57(2)49-24-8-3-20-44(49)47-23-14-22-40(56(47)57)36-15-13-16-37(33-36)59(38-30-32-55-48(34-38)46-21-7-12-28-54(46)60-55)39-29-31-45-43-19-6-11-27-52(43)58(53(45)35-39)50-25-9-4-17-41(50)42-18-5-10-26-51(42)58/h3-21,23-35,40H,22H2,1-2H3. The largest absolute Gasteiger partial charge is 0.310 e. The molecule has 4 aliphatic carbocycles. The van der Waals surface area contributed by atoms with Crippen LogP contribution in [0, 0.1) is 0 Å². The van der Waals surface area contributed by atoms with Crippen LogP contribution in [0.15, 0.2) is 200 Å². The molecule has 1 atom stereocenters. The Labute approximate surface area is 355 Å². The maximum atomic E-state index is 2.53. The minimum absolute atomic E-state index is 0.0563. The van der Waals surface area contributed by atoms with E-state index in [4.69, 9.17) is 0 Å². The van der Waals surface area contributed by atoms with Crippen LogP contribution in [0.2, 0.25) is 0 Å². The van der Waals surface area contributed by atoms with Gasteiger partial charge in [-0.2, -0.15) is 0 Å². The first kappa shape index (κ1) is 34.2. The third kappa shape index (κ3) is 4.47. The highest BCUT2D eigenvalue weighted by Crippen LogP contribution is 2.63. The number of benzene rings is 8. The number of thiophene rings is 1. The van der Waals surface area contributed by atoms with Crippen molar-refractivity contribution in [3.63, 3.8) is 0 Å². The van der Waals surface area contributed by atoms with Crippen LogP contribution >= 0.6 is 11.3 Å². The molecule has 1 nitrogen and oxygen atoms in total. The minimum Gasteiger partial charge on any atom is -0.310 e. The summed E-state index contributed by atoms with van der Waals surface area (Å²) in [6, 6.07) is 69.1. The quantitative estimate of drug-likeness (QED) is 0.172. The molecule has 1 heterocycles. The Morgan fingerprint density at radius 3 is 1.77 bits per heavy atom. The Morgan fingerprint density at radius 2 is 1.03 bits per heavy atom. The number of fused-ring (bicyclic) bond motifs is 15. The molecular weight excluding hydrogens is 743 g/mol. The highest BCUT2D eigenvalue weighted by atomic mass is 32.1. The Hall–Kier alpha value is -6.74. The molecule has 0 saturated carbocycles. The van der Waals surface area contributed by atoms with Crippen molar-refractivity contribution in [3.05, 3.63) is 239 Å². The smallest absolute Gasteiger partial charge is 0.0726 e. The van der Waals surface area contributed by atoms with E-state index in [1.165, 1.54) is 98.2 Å². The van der Waals surface area contributed by atoms with Gasteiger partial charge in [-0.25, -0.2) is 0 Å². The summed E-state index contributed by atoms with van der Waals surface area (Å²) in [5, 5.41) is 2.61. The molecule has 60 heavy (non-hydrogen) atoms.